The summed E-state index contributed by atoms with van der Waals surface area (Å²) < 4.78 is 0. The van der Waals surface area contributed by atoms with Gasteiger partial charge in [-0.25, -0.2) is 9.97 Å². The molecule has 4 rings (SSSR count). The Hall–Kier alpha value is -3.29. The zero-order chi connectivity index (χ0) is 22.8. The van der Waals surface area contributed by atoms with E-state index in [0.717, 1.165) is 36.0 Å². The number of hydrogen-bond donors (Lipinski definition) is 0. The van der Waals surface area contributed by atoms with E-state index in [1.165, 1.54) is 4.90 Å². The Balaban J connectivity index is 1.36. The van der Waals surface area contributed by atoms with Crippen molar-refractivity contribution >= 4 is 23.5 Å². The van der Waals surface area contributed by atoms with Gasteiger partial charge in [-0.2, -0.15) is 0 Å². The first-order valence-corrected chi connectivity index (χ1v) is 11.1. The fraction of sp³-hybridized carbons (Fsp3) is 0.458. The van der Waals surface area contributed by atoms with Crippen LogP contribution < -0.4 is 4.90 Å². The molecule has 1 aromatic carbocycles. The zero-order valence-electron chi connectivity index (χ0n) is 18.9. The molecule has 2 aromatic rings. The molecule has 0 aliphatic carbocycles. The first-order chi connectivity index (χ1) is 15.3. The number of carbonyl (C=O) groups is 3. The molecule has 0 bridgehead atoms. The summed E-state index contributed by atoms with van der Waals surface area (Å²) in [6.45, 7) is 9.10. The second-order valence-electron chi connectivity index (χ2n) is 8.73. The lowest BCUT2D eigenvalue weighted by atomic mass is 10.1. The summed E-state index contributed by atoms with van der Waals surface area (Å²) in [4.78, 5) is 51.1. The van der Waals surface area contributed by atoms with E-state index in [1.54, 1.807) is 12.1 Å². The van der Waals surface area contributed by atoms with Crippen LogP contribution in [0.1, 0.15) is 60.0 Å². The van der Waals surface area contributed by atoms with Crippen molar-refractivity contribution in [3.05, 3.63) is 53.0 Å². The number of nitrogens with zero attached hydrogens (tertiary/aromatic N) is 5. The van der Waals surface area contributed by atoms with Gasteiger partial charge in [0.1, 0.15) is 11.6 Å². The quantitative estimate of drug-likeness (QED) is 0.671. The summed E-state index contributed by atoms with van der Waals surface area (Å²) in [7, 11) is 0. The van der Waals surface area contributed by atoms with E-state index in [2.05, 4.69) is 23.7 Å². The highest BCUT2D eigenvalue weighted by Crippen LogP contribution is 2.20. The highest BCUT2D eigenvalue weighted by atomic mass is 16.2. The van der Waals surface area contributed by atoms with Crippen molar-refractivity contribution in [1.82, 2.24) is 19.8 Å². The number of hydrogen-bond acceptors (Lipinski definition) is 6. The molecule has 3 heterocycles. The Bertz CT molecular complexity index is 1010. The van der Waals surface area contributed by atoms with E-state index >= 15 is 0 Å². The fourth-order valence-corrected chi connectivity index (χ4v) is 4.05. The third-order valence-corrected chi connectivity index (χ3v) is 5.96. The molecular formula is C24H29N5O3. The normalized spacial score (nSPS) is 16.9. The van der Waals surface area contributed by atoms with Crippen molar-refractivity contribution in [2.75, 3.05) is 31.1 Å². The van der Waals surface area contributed by atoms with Gasteiger partial charge in [-0.3, -0.25) is 19.3 Å². The van der Waals surface area contributed by atoms with Crippen LogP contribution in [0.5, 0.6) is 0 Å². The molecule has 2 fully saturated rings. The van der Waals surface area contributed by atoms with Gasteiger partial charge in [0.05, 0.1) is 6.54 Å². The van der Waals surface area contributed by atoms with Crippen molar-refractivity contribution in [3.8, 4) is 0 Å². The summed E-state index contributed by atoms with van der Waals surface area (Å²) in [6.07, 6.45) is 0.573. The van der Waals surface area contributed by atoms with E-state index in [9.17, 15) is 14.4 Å². The molecule has 1 aromatic heterocycles. The maximum absolute atomic E-state index is 13.0. The predicted molar refractivity (Wildman–Crippen MR) is 120 cm³/mol. The molecule has 168 valence electrons. The van der Waals surface area contributed by atoms with Crippen LogP contribution in [0, 0.1) is 6.92 Å². The van der Waals surface area contributed by atoms with Gasteiger partial charge in [0, 0.05) is 62.3 Å². The minimum Gasteiger partial charge on any atom is -0.353 e. The van der Waals surface area contributed by atoms with Gasteiger partial charge in [-0.15, -0.1) is 0 Å². The van der Waals surface area contributed by atoms with Crippen LogP contribution in [-0.2, 0) is 16.1 Å². The first kappa shape index (κ1) is 21.9. The molecule has 8 nitrogen and oxygen atoms in total. The number of aryl methyl sites for hydroxylation is 1. The van der Waals surface area contributed by atoms with Crippen LogP contribution in [0.2, 0.25) is 0 Å². The molecule has 3 amide bonds. The third kappa shape index (κ3) is 4.64. The van der Waals surface area contributed by atoms with E-state index < -0.39 is 0 Å². The minimum atomic E-state index is -0.132. The van der Waals surface area contributed by atoms with Crippen LogP contribution in [0.4, 0.5) is 5.82 Å². The number of anilines is 1. The van der Waals surface area contributed by atoms with E-state index in [1.807, 2.05) is 30.0 Å². The molecule has 2 aliphatic heterocycles. The highest BCUT2D eigenvalue weighted by Gasteiger charge is 2.29. The molecule has 32 heavy (non-hydrogen) atoms. The average molecular weight is 436 g/mol. The van der Waals surface area contributed by atoms with Crippen molar-refractivity contribution < 1.29 is 14.4 Å². The number of amides is 3. The number of likely N-dealkylation sites (tertiary alicyclic amines) is 1. The van der Waals surface area contributed by atoms with Gasteiger partial charge >= 0.3 is 0 Å². The number of rotatable bonds is 5. The summed E-state index contributed by atoms with van der Waals surface area (Å²) in [5.41, 5.74) is 2.41. The SMILES string of the molecule is Cc1cc(N2CCN(C(=O)c3ccc(CN4C(=O)CCC4=O)cc3)CC2)nc(C(C)C)n1. The largest absolute Gasteiger partial charge is 0.353 e. The van der Waals surface area contributed by atoms with E-state index in [0.29, 0.717) is 18.7 Å². The van der Waals surface area contributed by atoms with Crippen LogP contribution >= 0.6 is 0 Å². The van der Waals surface area contributed by atoms with E-state index in [-0.39, 0.29) is 43.0 Å². The number of aromatic nitrogens is 2. The number of benzene rings is 1. The second kappa shape index (κ2) is 9.06. The van der Waals surface area contributed by atoms with Crippen molar-refractivity contribution in [1.29, 1.82) is 0 Å². The molecule has 0 unspecified atom stereocenters. The fourth-order valence-electron chi connectivity index (χ4n) is 4.05. The van der Waals surface area contributed by atoms with E-state index in [4.69, 9.17) is 4.98 Å². The number of piperazine rings is 1. The standard InChI is InChI=1S/C24H29N5O3/c1-16(2)23-25-17(3)14-20(26-23)27-10-12-28(13-11-27)24(32)19-6-4-18(5-7-19)15-29-21(30)8-9-22(29)31/h4-7,14,16H,8-13,15H2,1-3H3. The number of imide groups is 1. The highest BCUT2D eigenvalue weighted by molar-refractivity contribution is 6.01. The van der Waals surface area contributed by atoms with Crippen molar-refractivity contribution in [2.45, 2.75) is 46.1 Å². The molecule has 0 spiro atoms. The Labute approximate surface area is 188 Å². The average Bonchev–Trinajstić information content (AvgIpc) is 3.11. The molecule has 2 aliphatic rings. The topological polar surface area (TPSA) is 86.7 Å². The first-order valence-electron chi connectivity index (χ1n) is 11.1. The van der Waals surface area contributed by atoms with Gasteiger partial charge in [-0.1, -0.05) is 26.0 Å². The van der Waals surface area contributed by atoms with Crippen LogP contribution in [0.15, 0.2) is 30.3 Å². The molecule has 0 atom stereocenters. The predicted octanol–water partition coefficient (Wildman–Crippen LogP) is 2.52. The number of carbonyl (C=O) groups excluding carboxylic acids is 3. The van der Waals surface area contributed by atoms with Crippen LogP contribution in [0.3, 0.4) is 0 Å². The molecule has 0 N–H and O–H groups in total. The maximum Gasteiger partial charge on any atom is 0.253 e. The lowest BCUT2D eigenvalue weighted by Gasteiger charge is -2.35. The van der Waals surface area contributed by atoms with Crippen LogP contribution in [0.25, 0.3) is 0 Å². The molecule has 2 saturated heterocycles. The van der Waals surface area contributed by atoms with Crippen molar-refractivity contribution in [3.63, 3.8) is 0 Å². The summed E-state index contributed by atoms with van der Waals surface area (Å²) in [5, 5.41) is 0. The molecule has 0 saturated carbocycles. The summed E-state index contributed by atoms with van der Waals surface area (Å²) >= 11 is 0. The Morgan fingerprint density at radius 2 is 1.59 bits per heavy atom. The Kier molecular flexibility index (Phi) is 6.21. The monoisotopic (exact) mass is 435 g/mol. The van der Waals surface area contributed by atoms with Gasteiger partial charge in [0.2, 0.25) is 11.8 Å². The molecular weight excluding hydrogens is 406 g/mol. The minimum absolute atomic E-state index is 0.00809. The molecule has 8 heteroatoms. The zero-order valence-corrected chi connectivity index (χ0v) is 18.9. The van der Waals surface area contributed by atoms with Gasteiger partial charge in [-0.05, 0) is 24.6 Å². The summed E-state index contributed by atoms with van der Waals surface area (Å²) in [5.74, 6) is 1.76. The van der Waals surface area contributed by atoms with Crippen molar-refractivity contribution in [2.24, 2.45) is 0 Å². The van der Waals surface area contributed by atoms with Crippen LogP contribution in [-0.4, -0.2) is 63.7 Å². The Morgan fingerprint density at radius 1 is 0.969 bits per heavy atom. The lowest BCUT2D eigenvalue weighted by molar-refractivity contribution is -0.139. The summed E-state index contributed by atoms with van der Waals surface area (Å²) in [6, 6.07) is 9.19. The lowest BCUT2D eigenvalue weighted by Crippen LogP contribution is -2.49. The van der Waals surface area contributed by atoms with Gasteiger partial charge in [0.25, 0.3) is 5.91 Å². The third-order valence-electron chi connectivity index (χ3n) is 5.96. The van der Waals surface area contributed by atoms with Gasteiger partial charge in [0.15, 0.2) is 0 Å². The smallest absolute Gasteiger partial charge is 0.253 e. The maximum atomic E-state index is 13.0. The van der Waals surface area contributed by atoms with Gasteiger partial charge < -0.3 is 9.80 Å². The Morgan fingerprint density at radius 3 is 2.19 bits per heavy atom. The second-order valence-corrected chi connectivity index (χ2v) is 8.73. The molecule has 0 radical (unpaired) electrons.